The van der Waals surface area contributed by atoms with Crippen LogP contribution in [0.1, 0.15) is 46.6 Å². The van der Waals surface area contributed by atoms with E-state index in [1.54, 1.807) is 0 Å². The summed E-state index contributed by atoms with van der Waals surface area (Å²) in [6.45, 7) is 14.1. The van der Waals surface area contributed by atoms with Crippen molar-refractivity contribution in [2.45, 2.75) is 57.0 Å². The van der Waals surface area contributed by atoms with Gasteiger partial charge >= 0.3 is 0 Å². The van der Waals surface area contributed by atoms with E-state index in [1.807, 2.05) is 11.8 Å². The molecule has 0 spiro atoms. The van der Waals surface area contributed by atoms with Gasteiger partial charge in [0.05, 0.1) is 17.5 Å². The SMILES string of the molecule is CCC(N(CC)CC)N1c2ccccc2Sc2ccc(C(=S)NCC(C)C)cc21.Cl. The maximum atomic E-state index is 5.70. The summed E-state index contributed by atoms with van der Waals surface area (Å²) in [5, 5.41) is 3.42. The third-order valence-electron chi connectivity index (χ3n) is 5.39. The Bertz CT molecular complexity index is 852. The fourth-order valence-electron chi connectivity index (χ4n) is 3.89. The smallest absolute Gasteiger partial charge is 0.106 e. The molecule has 1 aliphatic rings. The molecule has 0 amide bonds. The standard InChI is InChI=1S/C24H33N3S2.ClH/c1-6-23(26(7-2)8-3)27-19-11-9-10-12-21(19)29-22-14-13-18(15-20(22)27)24(28)25-16-17(4)5;/h9-15,17,23H,6-8,16H2,1-5H3,(H,25,28);1H. The van der Waals surface area contributed by atoms with Crippen LogP contribution in [0.15, 0.2) is 52.3 Å². The van der Waals surface area contributed by atoms with Crippen molar-refractivity contribution in [1.82, 2.24) is 10.2 Å². The average molecular weight is 464 g/mol. The first-order valence-electron chi connectivity index (χ1n) is 10.7. The van der Waals surface area contributed by atoms with E-state index >= 15 is 0 Å². The van der Waals surface area contributed by atoms with Crippen molar-refractivity contribution in [3.63, 3.8) is 0 Å². The molecule has 1 atom stereocenters. The van der Waals surface area contributed by atoms with Gasteiger partial charge in [-0.25, -0.2) is 0 Å². The molecule has 1 unspecified atom stereocenters. The van der Waals surface area contributed by atoms with Crippen LogP contribution in [0.25, 0.3) is 0 Å². The molecule has 164 valence electrons. The van der Waals surface area contributed by atoms with E-state index in [1.165, 1.54) is 21.2 Å². The van der Waals surface area contributed by atoms with E-state index in [2.05, 4.69) is 92.2 Å². The van der Waals surface area contributed by atoms with E-state index in [0.29, 0.717) is 12.1 Å². The predicted octanol–water partition coefficient (Wildman–Crippen LogP) is 6.71. The van der Waals surface area contributed by atoms with E-state index < -0.39 is 0 Å². The lowest BCUT2D eigenvalue weighted by Gasteiger charge is -2.43. The van der Waals surface area contributed by atoms with Gasteiger partial charge in [-0.1, -0.05) is 76.8 Å². The third-order valence-corrected chi connectivity index (χ3v) is 6.90. The van der Waals surface area contributed by atoms with Crippen LogP contribution in [0, 0.1) is 5.92 Å². The number of nitrogens with zero attached hydrogens (tertiary/aromatic N) is 2. The molecule has 1 heterocycles. The molecule has 0 bridgehead atoms. The second-order valence-electron chi connectivity index (χ2n) is 7.84. The number of para-hydroxylation sites is 1. The second-order valence-corrected chi connectivity index (χ2v) is 9.33. The van der Waals surface area contributed by atoms with E-state index in [-0.39, 0.29) is 12.4 Å². The third kappa shape index (κ3) is 5.31. The Morgan fingerprint density at radius 3 is 2.33 bits per heavy atom. The molecule has 0 fully saturated rings. The number of hydrogen-bond donors (Lipinski definition) is 1. The lowest BCUT2D eigenvalue weighted by Crippen LogP contribution is -2.46. The number of benzene rings is 2. The van der Waals surface area contributed by atoms with Crippen LogP contribution in [-0.4, -0.2) is 35.7 Å². The highest BCUT2D eigenvalue weighted by molar-refractivity contribution is 7.99. The van der Waals surface area contributed by atoms with E-state index in [4.69, 9.17) is 12.2 Å². The number of fused-ring (bicyclic) bond motifs is 2. The van der Waals surface area contributed by atoms with Gasteiger partial charge in [0, 0.05) is 21.9 Å². The summed E-state index contributed by atoms with van der Waals surface area (Å²) < 4.78 is 0. The first-order valence-corrected chi connectivity index (χ1v) is 11.9. The van der Waals surface area contributed by atoms with Gasteiger partial charge < -0.3 is 10.2 Å². The summed E-state index contributed by atoms with van der Waals surface area (Å²) in [7, 11) is 0. The van der Waals surface area contributed by atoms with Crippen molar-refractivity contribution in [2.24, 2.45) is 5.92 Å². The minimum absolute atomic E-state index is 0. The maximum absolute atomic E-state index is 5.70. The Morgan fingerprint density at radius 2 is 1.70 bits per heavy atom. The molecule has 2 aromatic carbocycles. The molecule has 0 radical (unpaired) electrons. The molecule has 0 aromatic heterocycles. The summed E-state index contributed by atoms with van der Waals surface area (Å²) in [6, 6.07) is 15.4. The molecule has 0 saturated carbocycles. The second kappa shape index (κ2) is 11.4. The zero-order valence-corrected chi connectivity index (χ0v) is 21.1. The van der Waals surface area contributed by atoms with Gasteiger partial charge in [-0.05, 0) is 49.7 Å². The number of thiocarbonyl (C=S) groups is 1. The van der Waals surface area contributed by atoms with Gasteiger partial charge in [0.1, 0.15) is 4.99 Å². The van der Waals surface area contributed by atoms with Gasteiger partial charge in [-0.2, -0.15) is 0 Å². The molecule has 1 aliphatic heterocycles. The Kier molecular flexibility index (Phi) is 9.48. The summed E-state index contributed by atoms with van der Waals surface area (Å²) in [5.41, 5.74) is 3.65. The summed E-state index contributed by atoms with van der Waals surface area (Å²) in [5.74, 6) is 0.566. The number of nitrogens with one attached hydrogen (secondary N) is 1. The number of anilines is 2. The lowest BCUT2D eigenvalue weighted by molar-refractivity contribution is 0.213. The van der Waals surface area contributed by atoms with Gasteiger partial charge in [-0.3, -0.25) is 4.90 Å². The van der Waals surface area contributed by atoms with Crippen LogP contribution in [0.3, 0.4) is 0 Å². The van der Waals surface area contributed by atoms with Crippen molar-refractivity contribution in [1.29, 1.82) is 0 Å². The fraction of sp³-hybridized carbons (Fsp3) is 0.458. The predicted molar refractivity (Wildman–Crippen MR) is 138 cm³/mol. The minimum atomic E-state index is 0. The molecule has 6 heteroatoms. The molecule has 0 saturated heterocycles. The molecule has 30 heavy (non-hydrogen) atoms. The Labute approximate surface area is 198 Å². The maximum Gasteiger partial charge on any atom is 0.106 e. The average Bonchev–Trinajstić information content (AvgIpc) is 2.74. The first-order chi connectivity index (χ1) is 14.0. The topological polar surface area (TPSA) is 18.5 Å². The van der Waals surface area contributed by atoms with Crippen LogP contribution in [0.5, 0.6) is 0 Å². The summed E-state index contributed by atoms with van der Waals surface area (Å²) >= 11 is 7.56. The van der Waals surface area contributed by atoms with Crippen molar-refractivity contribution >= 4 is 52.8 Å². The largest absolute Gasteiger partial charge is 0.376 e. The van der Waals surface area contributed by atoms with Crippen molar-refractivity contribution in [2.75, 3.05) is 24.5 Å². The zero-order valence-electron chi connectivity index (χ0n) is 18.6. The minimum Gasteiger partial charge on any atom is -0.376 e. The van der Waals surface area contributed by atoms with Crippen LogP contribution in [0.4, 0.5) is 11.4 Å². The van der Waals surface area contributed by atoms with Gasteiger partial charge in [-0.15, -0.1) is 12.4 Å². The van der Waals surface area contributed by atoms with Gasteiger partial charge in [0.15, 0.2) is 0 Å². The zero-order chi connectivity index (χ0) is 21.0. The molecule has 0 aliphatic carbocycles. The van der Waals surface area contributed by atoms with Crippen LogP contribution >= 0.6 is 36.4 Å². The molecule has 3 nitrogen and oxygen atoms in total. The Balaban J connectivity index is 0.00000320. The molecule has 3 rings (SSSR count). The number of halogens is 1. The Morgan fingerprint density at radius 1 is 1.03 bits per heavy atom. The monoisotopic (exact) mass is 463 g/mol. The van der Waals surface area contributed by atoms with Crippen molar-refractivity contribution < 1.29 is 0 Å². The van der Waals surface area contributed by atoms with Gasteiger partial charge in [0.2, 0.25) is 0 Å². The normalized spacial score (nSPS) is 13.5. The molecule has 1 N–H and O–H groups in total. The van der Waals surface area contributed by atoms with Crippen LogP contribution in [-0.2, 0) is 0 Å². The fourth-order valence-corrected chi connectivity index (χ4v) is 5.16. The lowest BCUT2D eigenvalue weighted by atomic mass is 10.1. The summed E-state index contributed by atoms with van der Waals surface area (Å²) in [6.07, 6.45) is 1.37. The molecular formula is C24H34ClN3S2. The van der Waals surface area contributed by atoms with Crippen LogP contribution < -0.4 is 10.2 Å². The quantitative estimate of drug-likeness (QED) is 0.437. The Hall–Kier alpha value is -1.27. The number of rotatable bonds is 8. The first kappa shape index (κ1) is 25.0. The van der Waals surface area contributed by atoms with Crippen LogP contribution in [0.2, 0.25) is 0 Å². The molecule has 2 aromatic rings. The number of hydrogen-bond acceptors (Lipinski definition) is 4. The van der Waals surface area contributed by atoms with E-state index in [0.717, 1.165) is 36.6 Å². The highest BCUT2D eigenvalue weighted by atomic mass is 35.5. The highest BCUT2D eigenvalue weighted by Gasteiger charge is 2.31. The van der Waals surface area contributed by atoms with Crippen molar-refractivity contribution in [3.05, 3.63) is 48.0 Å². The summed E-state index contributed by atoms with van der Waals surface area (Å²) in [4.78, 5) is 8.52. The van der Waals surface area contributed by atoms with E-state index in [9.17, 15) is 0 Å². The molecular weight excluding hydrogens is 430 g/mol. The highest BCUT2D eigenvalue weighted by Crippen LogP contribution is 2.49. The van der Waals surface area contributed by atoms with Crippen molar-refractivity contribution in [3.8, 4) is 0 Å². The van der Waals surface area contributed by atoms with Gasteiger partial charge in [0.25, 0.3) is 0 Å².